The normalized spacial score (nSPS) is 10.7. The Morgan fingerprint density at radius 3 is 2.76 bits per heavy atom. The Labute approximate surface area is 148 Å². The number of aromatic amines is 1. The van der Waals surface area contributed by atoms with E-state index in [0.717, 1.165) is 0 Å². The van der Waals surface area contributed by atoms with Crippen molar-refractivity contribution in [3.8, 4) is 11.5 Å². The number of ether oxygens (including phenoxy) is 2. The van der Waals surface area contributed by atoms with E-state index in [2.05, 4.69) is 9.97 Å². The van der Waals surface area contributed by atoms with E-state index in [1.165, 1.54) is 19.4 Å². The molecule has 3 rings (SSSR count). The summed E-state index contributed by atoms with van der Waals surface area (Å²) in [5, 5.41) is 1.10. The molecule has 0 fully saturated rings. The monoisotopic (exact) mass is 358 g/mol. The highest BCUT2D eigenvalue weighted by Gasteiger charge is 2.23. The van der Waals surface area contributed by atoms with Gasteiger partial charge in [0.25, 0.3) is 0 Å². The minimum absolute atomic E-state index is 0.139. The molecule has 0 atom stereocenters. The van der Waals surface area contributed by atoms with Crippen molar-refractivity contribution in [2.45, 2.75) is 13.3 Å². The molecule has 1 aromatic carbocycles. The number of benzene rings is 1. The number of halogens is 1. The molecule has 0 saturated heterocycles. The number of hydrogen-bond donors (Lipinski definition) is 1. The first kappa shape index (κ1) is 17.0. The predicted octanol–water partition coefficient (Wildman–Crippen LogP) is 3.77. The third-order valence-corrected chi connectivity index (χ3v) is 3.88. The van der Waals surface area contributed by atoms with Crippen LogP contribution in [-0.2, 0) is 4.79 Å². The number of H-pyrrole nitrogens is 1. The van der Waals surface area contributed by atoms with E-state index in [9.17, 15) is 9.59 Å². The van der Waals surface area contributed by atoms with Crippen molar-refractivity contribution in [2.24, 2.45) is 0 Å². The van der Waals surface area contributed by atoms with Crippen LogP contribution in [0.15, 0.2) is 36.5 Å². The van der Waals surface area contributed by atoms with Crippen molar-refractivity contribution in [3.05, 3.63) is 52.9 Å². The van der Waals surface area contributed by atoms with Gasteiger partial charge in [-0.05, 0) is 24.3 Å². The lowest BCUT2D eigenvalue weighted by atomic mass is 10.1. The molecule has 0 saturated carbocycles. The lowest BCUT2D eigenvalue weighted by molar-refractivity contribution is -0.133. The van der Waals surface area contributed by atoms with Crippen LogP contribution < -0.4 is 9.47 Å². The molecule has 2 aromatic heterocycles. The number of pyridine rings is 1. The summed E-state index contributed by atoms with van der Waals surface area (Å²) in [6.07, 6.45) is 1.66. The van der Waals surface area contributed by atoms with Crippen molar-refractivity contribution >= 4 is 34.3 Å². The lowest BCUT2D eigenvalue weighted by Gasteiger charge is -2.06. The van der Waals surface area contributed by atoms with Gasteiger partial charge in [-0.15, -0.1) is 0 Å². The molecule has 6 nitrogen and oxygen atoms in total. The van der Waals surface area contributed by atoms with Crippen LogP contribution in [0, 0.1) is 0 Å². The molecule has 0 aliphatic heterocycles. The standard InChI is InChI=1S/C18H15ClN2O4/c1-3-15(22)25-18-12-5-4-10(19)8-13(12)21-16(18)17(23)14-9-11(24-2)6-7-20-14/h4-9,21H,3H2,1-2H3. The third kappa shape index (κ3) is 3.34. The summed E-state index contributed by atoms with van der Waals surface area (Å²) in [6.45, 7) is 1.68. The minimum Gasteiger partial charge on any atom is -0.497 e. The molecule has 0 radical (unpaired) electrons. The van der Waals surface area contributed by atoms with E-state index in [-0.39, 0.29) is 23.6 Å². The SMILES string of the molecule is CCC(=O)Oc1c(C(=O)c2cc(OC)ccn2)[nH]c2cc(Cl)ccc12. The highest BCUT2D eigenvalue weighted by Crippen LogP contribution is 2.33. The molecule has 128 valence electrons. The molecular formula is C18H15ClN2O4. The smallest absolute Gasteiger partial charge is 0.310 e. The molecular weight excluding hydrogens is 344 g/mol. The first-order valence-corrected chi connectivity index (χ1v) is 7.98. The number of esters is 1. The van der Waals surface area contributed by atoms with Gasteiger partial charge in [-0.1, -0.05) is 18.5 Å². The molecule has 7 heteroatoms. The number of nitrogens with zero attached hydrogens (tertiary/aromatic N) is 1. The number of fused-ring (bicyclic) bond motifs is 1. The molecule has 25 heavy (non-hydrogen) atoms. The fraction of sp³-hybridized carbons (Fsp3) is 0.167. The summed E-state index contributed by atoms with van der Waals surface area (Å²) in [5.41, 5.74) is 0.906. The fourth-order valence-electron chi connectivity index (χ4n) is 2.39. The van der Waals surface area contributed by atoms with E-state index in [1.54, 1.807) is 31.2 Å². The van der Waals surface area contributed by atoms with Crippen LogP contribution in [0.1, 0.15) is 29.5 Å². The van der Waals surface area contributed by atoms with E-state index in [4.69, 9.17) is 21.1 Å². The zero-order valence-corrected chi connectivity index (χ0v) is 14.4. The van der Waals surface area contributed by atoms with Crippen molar-refractivity contribution in [3.63, 3.8) is 0 Å². The van der Waals surface area contributed by atoms with Crippen molar-refractivity contribution < 1.29 is 19.1 Å². The molecule has 0 unspecified atom stereocenters. The molecule has 0 spiro atoms. The quantitative estimate of drug-likeness (QED) is 0.554. The van der Waals surface area contributed by atoms with Gasteiger partial charge < -0.3 is 14.5 Å². The van der Waals surface area contributed by atoms with Gasteiger partial charge >= 0.3 is 5.97 Å². The second kappa shape index (κ2) is 6.94. The zero-order valence-electron chi connectivity index (χ0n) is 13.6. The number of rotatable bonds is 5. The van der Waals surface area contributed by atoms with Crippen molar-refractivity contribution in [2.75, 3.05) is 7.11 Å². The highest BCUT2D eigenvalue weighted by atomic mass is 35.5. The topological polar surface area (TPSA) is 81.3 Å². The zero-order chi connectivity index (χ0) is 18.0. The van der Waals surface area contributed by atoms with E-state index in [0.29, 0.717) is 21.7 Å². The molecule has 3 aromatic rings. The summed E-state index contributed by atoms with van der Waals surface area (Å²) < 4.78 is 10.5. The minimum atomic E-state index is -0.441. The van der Waals surface area contributed by atoms with Crippen LogP contribution in [0.4, 0.5) is 0 Å². The fourth-order valence-corrected chi connectivity index (χ4v) is 2.56. The Balaban J connectivity index is 2.14. The van der Waals surface area contributed by atoms with Crippen LogP contribution in [0.2, 0.25) is 5.02 Å². The lowest BCUT2D eigenvalue weighted by Crippen LogP contribution is -2.11. The molecule has 0 amide bonds. The largest absolute Gasteiger partial charge is 0.497 e. The first-order valence-electron chi connectivity index (χ1n) is 7.60. The first-order chi connectivity index (χ1) is 12.0. The Hall–Kier alpha value is -2.86. The Morgan fingerprint density at radius 2 is 2.04 bits per heavy atom. The number of aromatic nitrogens is 2. The van der Waals surface area contributed by atoms with Gasteiger partial charge in [0.1, 0.15) is 17.1 Å². The average Bonchev–Trinajstić information content (AvgIpc) is 2.98. The van der Waals surface area contributed by atoms with Crippen LogP contribution >= 0.6 is 11.6 Å². The summed E-state index contributed by atoms with van der Waals surface area (Å²) in [7, 11) is 1.50. The van der Waals surface area contributed by atoms with Gasteiger partial charge in [-0.3, -0.25) is 14.6 Å². The van der Waals surface area contributed by atoms with Crippen LogP contribution in [0.3, 0.4) is 0 Å². The molecule has 0 bridgehead atoms. The number of nitrogens with one attached hydrogen (secondary N) is 1. The van der Waals surface area contributed by atoms with Crippen molar-refractivity contribution in [1.82, 2.24) is 9.97 Å². The van der Waals surface area contributed by atoms with Gasteiger partial charge in [0, 0.05) is 29.1 Å². The van der Waals surface area contributed by atoms with Crippen LogP contribution in [0.5, 0.6) is 11.5 Å². The van der Waals surface area contributed by atoms with E-state index in [1.807, 2.05) is 0 Å². The third-order valence-electron chi connectivity index (χ3n) is 3.64. The van der Waals surface area contributed by atoms with E-state index < -0.39 is 11.8 Å². The van der Waals surface area contributed by atoms with Gasteiger partial charge in [0.2, 0.25) is 5.78 Å². The predicted molar refractivity (Wildman–Crippen MR) is 93.5 cm³/mol. The molecule has 0 aliphatic rings. The second-order valence-electron chi connectivity index (χ2n) is 5.26. The Morgan fingerprint density at radius 1 is 1.24 bits per heavy atom. The number of carbonyl (C=O) groups excluding carboxylic acids is 2. The average molecular weight is 359 g/mol. The maximum atomic E-state index is 12.9. The van der Waals surface area contributed by atoms with Gasteiger partial charge in [-0.25, -0.2) is 0 Å². The Kier molecular flexibility index (Phi) is 4.72. The summed E-state index contributed by atoms with van der Waals surface area (Å²) in [6, 6.07) is 8.18. The summed E-state index contributed by atoms with van der Waals surface area (Å²) in [5.74, 6) is -0.175. The van der Waals surface area contributed by atoms with Crippen LogP contribution in [-0.4, -0.2) is 28.8 Å². The second-order valence-corrected chi connectivity index (χ2v) is 5.69. The molecule has 0 aliphatic carbocycles. The maximum absolute atomic E-state index is 12.9. The summed E-state index contributed by atoms with van der Waals surface area (Å²) >= 11 is 6.01. The number of hydrogen-bond acceptors (Lipinski definition) is 5. The molecule has 1 N–H and O–H groups in total. The number of methoxy groups -OCH3 is 1. The van der Waals surface area contributed by atoms with E-state index >= 15 is 0 Å². The summed E-state index contributed by atoms with van der Waals surface area (Å²) in [4.78, 5) is 31.7. The number of ketones is 1. The van der Waals surface area contributed by atoms with Gasteiger partial charge in [-0.2, -0.15) is 0 Å². The Bertz CT molecular complexity index is 965. The molecule has 2 heterocycles. The van der Waals surface area contributed by atoms with Crippen molar-refractivity contribution in [1.29, 1.82) is 0 Å². The highest BCUT2D eigenvalue weighted by molar-refractivity contribution is 6.31. The van der Waals surface area contributed by atoms with Gasteiger partial charge in [0.15, 0.2) is 5.75 Å². The van der Waals surface area contributed by atoms with Gasteiger partial charge in [0.05, 0.1) is 12.6 Å². The number of carbonyl (C=O) groups is 2. The van der Waals surface area contributed by atoms with Crippen LogP contribution in [0.25, 0.3) is 10.9 Å². The maximum Gasteiger partial charge on any atom is 0.310 e.